The molecule has 0 spiro atoms. The summed E-state index contributed by atoms with van der Waals surface area (Å²) in [7, 11) is 0. The summed E-state index contributed by atoms with van der Waals surface area (Å²) in [6.07, 6.45) is 5.23. The summed E-state index contributed by atoms with van der Waals surface area (Å²) in [6.45, 7) is 7.56. The summed E-state index contributed by atoms with van der Waals surface area (Å²) in [5.41, 5.74) is 0. The number of aromatic nitrogens is 2. The number of hydrogen-bond donors (Lipinski definition) is 3. The van der Waals surface area contributed by atoms with Crippen LogP contribution >= 0.6 is 0 Å². The van der Waals surface area contributed by atoms with Crippen LogP contribution in [0.2, 0.25) is 0 Å². The fraction of sp³-hybridized carbons (Fsp3) is 0.714. The maximum atomic E-state index is 4.51. The number of hydrogen-bond acceptors (Lipinski definition) is 5. The van der Waals surface area contributed by atoms with Gasteiger partial charge in [-0.1, -0.05) is 13.8 Å². The molecule has 1 fully saturated rings. The molecular formula is C14H25N5. The summed E-state index contributed by atoms with van der Waals surface area (Å²) in [6, 6.07) is 2.42. The number of anilines is 2. The minimum absolute atomic E-state index is 0.493. The Labute approximate surface area is 115 Å². The molecule has 0 bridgehead atoms. The van der Waals surface area contributed by atoms with Crippen LogP contribution in [-0.4, -0.2) is 35.6 Å². The minimum Gasteiger partial charge on any atom is -0.370 e. The molecule has 0 saturated carbocycles. The second-order valence-corrected chi connectivity index (χ2v) is 5.54. The van der Waals surface area contributed by atoms with E-state index in [2.05, 4.69) is 39.8 Å². The first-order chi connectivity index (χ1) is 9.24. The van der Waals surface area contributed by atoms with Crippen LogP contribution in [0.25, 0.3) is 0 Å². The Kier molecular flexibility index (Phi) is 5.39. The zero-order valence-corrected chi connectivity index (χ0v) is 11.9. The van der Waals surface area contributed by atoms with Crippen molar-refractivity contribution in [2.45, 2.75) is 39.2 Å². The summed E-state index contributed by atoms with van der Waals surface area (Å²) in [4.78, 5) is 8.80. The number of nitrogens with one attached hydrogen (secondary N) is 3. The average molecular weight is 263 g/mol. The molecule has 5 nitrogen and oxygen atoms in total. The second-order valence-electron chi connectivity index (χ2n) is 5.54. The fourth-order valence-corrected chi connectivity index (χ4v) is 2.16. The molecule has 1 saturated heterocycles. The fourth-order valence-electron chi connectivity index (χ4n) is 2.16. The predicted molar refractivity (Wildman–Crippen MR) is 79.5 cm³/mol. The van der Waals surface area contributed by atoms with Crippen molar-refractivity contribution in [2.24, 2.45) is 5.92 Å². The van der Waals surface area contributed by atoms with Gasteiger partial charge in [-0.3, -0.25) is 0 Å². The van der Waals surface area contributed by atoms with Crippen LogP contribution in [0.5, 0.6) is 0 Å². The van der Waals surface area contributed by atoms with Gasteiger partial charge in [0.2, 0.25) is 5.95 Å². The molecule has 0 unspecified atom stereocenters. The minimum atomic E-state index is 0.493. The lowest BCUT2D eigenvalue weighted by Crippen LogP contribution is -2.35. The van der Waals surface area contributed by atoms with Gasteiger partial charge >= 0.3 is 0 Å². The van der Waals surface area contributed by atoms with E-state index in [9.17, 15) is 0 Å². The van der Waals surface area contributed by atoms with Gasteiger partial charge in [0.05, 0.1) is 0 Å². The maximum Gasteiger partial charge on any atom is 0.224 e. The molecule has 0 aromatic carbocycles. The Morgan fingerprint density at radius 3 is 2.89 bits per heavy atom. The molecule has 5 heteroatoms. The highest BCUT2D eigenvalue weighted by atomic mass is 15.2. The zero-order valence-electron chi connectivity index (χ0n) is 11.9. The van der Waals surface area contributed by atoms with E-state index in [0.29, 0.717) is 12.0 Å². The third-order valence-electron chi connectivity index (χ3n) is 3.36. The Bertz CT molecular complexity index is 374. The first-order valence-corrected chi connectivity index (χ1v) is 7.28. The van der Waals surface area contributed by atoms with Crippen molar-refractivity contribution in [1.82, 2.24) is 15.3 Å². The molecule has 3 N–H and O–H groups in total. The first kappa shape index (κ1) is 14.1. The highest BCUT2D eigenvalue weighted by Gasteiger charge is 2.13. The van der Waals surface area contributed by atoms with Crippen LogP contribution in [0, 0.1) is 5.92 Å². The van der Waals surface area contributed by atoms with Crippen molar-refractivity contribution in [2.75, 3.05) is 30.3 Å². The van der Waals surface area contributed by atoms with Crippen LogP contribution in [0.3, 0.4) is 0 Å². The molecule has 0 aliphatic carbocycles. The topological polar surface area (TPSA) is 61.9 Å². The first-order valence-electron chi connectivity index (χ1n) is 7.28. The third kappa shape index (κ3) is 5.03. The van der Waals surface area contributed by atoms with Gasteiger partial charge in [0.25, 0.3) is 0 Å². The number of rotatable bonds is 6. The highest BCUT2D eigenvalue weighted by molar-refractivity contribution is 5.39. The van der Waals surface area contributed by atoms with Crippen LogP contribution < -0.4 is 16.0 Å². The van der Waals surface area contributed by atoms with E-state index in [1.165, 1.54) is 0 Å². The van der Waals surface area contributed by atoms with Crippen LogP contribution in [0.15, 0.2) is 12.3 Å². The van der Waals surface area contributed by atoms with Gasteiger partial charge in [-0.15, -0.1) is 0 Å². The van der Waals surface area contributed by atoms with Gasteiger partial charge in [0.15, 0.2) is 0 Å². The normalized spacial score (nSPS) is 16.6. The summed E-state index contributed by atoms with van der Waals surface area (Å²) >= 11 is 0. The summed E-state index contributed by atoms with van der Waals surface area (Å²) < 4.78 is 0. The van der Waals surface area contributed by atoms with Gasteiger partial charge in [-0.25, -0.2) is 4.98 Å². The lowest BCUT2D eigenvalue weighted by atomic mass is 10.1. The molecule has 0 radical (unpaired) electrons. The summed E-state index contributed by atoms with van der Waals surface area (Å²) in [5.74, 6) is 2.36. The molecule has 1 aromatic heterocycles. The lowest BCUT2D eigenvalue weighted by Gasteiger charge is -2.23. The van der Waals surface area contributed by atoms with Gasteiger partial charge < -0.3 is 16.0 Å². The molecule has 2 rings (SSSR count). The number of piperidine rings is 1. The van der Waals surface area contributed by atoms with E-state index in [1.54, 1.807) is 0 Å². The summed E-state index contributed by atoms with van der Waals surface area (Å²) in [5, 5.41) is 10.1. The van der Waals surface area contributed by atoms with Gasteiger partial charge in [-0.2, -0.15) is 4.98 Å². The number of nitrogens with zero attached hydrogens (tertiary/aromatic N) is 2. The Hall–Kier alpha value is -1.36. The largest absolute Gasteiger partial charge is 0.370 e. The van der Waals surface area contributed by atoms with E-state index in [4.69, 9.17) is 0 Å². The van der Waals surface area contributed by atoms with E-state index in [0.717, 1.165) is 50.7 Å². The second kappa shape index (κ2) is 7.28. The molecule has 19 heavy (non-hydrogen) atoms. The van der Waals surface area contributed by atoms with E-state index >= 15 is 0 Å². The lowest BCUT2D eigenvalue weighted by molar-refractivity contribution is 0.477. The molecule has 1 aliphatic heterocycles. The Morgan fingerprint density at radius 1 is 1.37 bits per heavy atom. The molecule has 106 valence electrons. The Balaban J connectivity index is 1.83. The maximum absolute atomic E-state index is 4.51. The molecule has 0 amide bonds. The zero-order chi connectivity index (χ0) is 13.5. The SMILES string of the molecule is CC(C)CCNc1ccnc(NC2CCNCC2)n1. The van der Waals surface area contributed by atoms with E-state index in [1.807, 2.05) is 12.3 Å². The van der Waals surface area contributed by atoms with Crippen molar-refractivity contribution < 1.29 is 0 Å². The van der Waals surface area contributed by atoms with Gasteiger partial charge in [-0.05, 0) is 44.3 Å². The van der Waals surface area contributed by atoms with Crippen molar-refractivity contribution in [1.29, 1.82) is 0 Å². The monoisotopic (exact) mass is 263 g/mol. The van der Waals surface area contributed by atoms with Crippen LogP contribution in [-0.2, 0) is 0 Å². The smallest absolute Gasteiger partial charge is 0.224 e. The molecule has 2 heterocycles. The predicted octanol–water partition coefficient (Wildman–Crippen LogP) is 2.10. The third-order valence-corrected chi connectivity index (χ3v) is 3.36. The standard InChI is InChI=1S/C14H25N5/c1-11(2)3-9-16-13-6-10-17-14(19-13)18-12-4-7-15-8-5-12/h6,10-12,15H,3-5,7-9H2,1-2H3,(H2,16,17,18,19). The van der Waals surface area contributed by atoms with Crippen LogP contribution in [0.1, 0.15) is 33.1 Å². The van der Waals surface area contributed by atoms with E-state index in [-0.39, 0.29) is 0 Å². The van der Waals surface area contributed by atoms with Crippen molar-refractivity contribution in [3.8, 4) is 0 Å². The Morgan fingerprint density at radius 2 is 2.16 bits per heavy atom. The van der Waals surface area contributed by atoms with E-state index < -0.39 is 0 Å². The van der Waals surface area contributed by atoms with Crippen molar-refractivity contribution in [3.05, 3.63) is 12.3 Å². The van der Waals surface area contributed by atoms with Crippen molar-refractivity contribution in [3.63, 3.8) is 0 Å². The highest BCUT2D eigenvalue weighted by Crippen LogP contribution is 2.11. The van der Waals surface area contributed by atoms with Crippen molar-refractivity contribution >= 4 is 11.8 Å². The molecule has 0 atom stereocenters. The average Bonchev–Trinajstić information content (AvgIpc) is 2.40. The van der Waals surface area contributed by atoms with Gasteiger partial charge in [0.1, 0.15) is 5.82 Å². The van der Waals surface area contributed by atoms with Crippen LogP contribution in [0.4, 0.5) is 11.8 Å². The molecule has 1 aliphatic rings. The molecule has 1 aromatic rings. The molecular weight excluding hydrogens is 238 g/mol. The van der Waals surface area contributed by atoms with Gasteiger partial charge in [0, 0.05) is 18.8 Å². The quantitative estimate of drug-likeness (QED) is 0.733.